The van der Waals surface area contributed by atoms with Gasteiger partial charge in [0.05, 0.1) is 0 Å². The first-order valence-electron chi connectivity index (χ1n) is 11.8. The van der Waals surface area contributed by atoms with Crippen molar-refractivity contribution in [2.24, 2.45) is 5.92 Å². The van der Waals surface area contributed by atoms with Crippen LogP contribution in [0.15, 0.2) is 71.5 Å². The average molecular weight is 628 g/mol. The van der Waals surface area contributed by atoms with Crippen LogP contribution >= 0.6 is 15.9 Å². The van der Waals surface area contributed by atoms with Crippen molar-refractivity contribution in [3.63, 3.8) is 0 Å². The molecule has 1 N–H and O–H groups in total. The van der Waals surface area contributed by atoms with Gasteiger partial charge in [0.15, 0.2) is 5.60 Å². The van der Waals surface area contributed by atoms with Crippen LogP contribution in [0.5, 0.6) is 0 Å². The van der Waals surface area contributed by atoms with Gasteiger partial charge in [-0.05, 0) is 36.1 Å². The van der Waals surface area contributed by atoms with Crippen molar-refractivity contribution in [2.75, 3.05) is 6.61 Å². The number of esters is 1. The highest BCUT2D eigenvalue weighted by Gasteiger charge is 2.52. The molecule has 3 aromatic rings. The fraction of sp³-hybridized carbons (Fsp3) is 0.407. The lowest BCUT2D eigenvalue weighted by Gasteiger charge is -2.39. The lowest BCUT2D eigenvalue weighted by Crippen LogP contribution is -3.00. The van der Waals surface area contributed by atoms with Crippen LogP contribution in [-0.4, -0.2) is 28.2 Å². The Bertz CT molecular complexity index is 1160. The summed E-state index contributed by atoms with van der Waals surface area (Å²) in [6, 6.07) is 16.4. The second-order valence-electron chi connectivity index (χ2n) is 9.21. The number of carbonyl (C=O) groups excluding carboxylic acids is 1. The first-order chi connectivity index (χ1) is 16.7. The van der Waals surface area contributed by atoms with Crippen LogP contribution in [0.25, 0.3) is 0 Å². The molecule has 1 saturated carbocycles. The van der Waals surface area contributed by atoms with Crippen molar-refractivity contribution in [1.82, 2.24) is 4.57 Å². The molecule has 5 nitrogen and oxygen atoms in total. The van der Waals surface area contributed by atoms with Crippen molar-refractivity contribution < 1.29 is 45.0 Å². The largest absolute Gasteiger partial charge is 1.00 e. The molecule has 0 unspecified atom stereocenters. The molecule has 0 aliphatic heterocycles. The van der Waals surface area contributed by atoms with Gasteiger partial charge in [-0.3, -0.25) is 0 Å². The zero-order valence-corrected chi connectivity index (χ0v) is 23.2. The van der Waals surface area contributed by atoms with E-state index in [4.69, 9.17) is 4.74 Å². The first kappa shape index (κ1) is 28.5. The molecule has 0 bridgehead atoms. The Morgan fingerprint density at radius 3 is 2.58 bits per heavy atom. The van der Waals surface area contributed by atoms with Gasteiger partial charge in [-0.1, -0.05) is 58.4 Å². The van der Waals surface area contributed by atoms with Crippen LogP contribution in [0.3, 0.4) is 0 Å². The summed E-state index contributed by atoms with van der Waals surface area (Å²) in [6.45, 7) is 3.09. The van der Waals surface area contributed by atoms with E-state index in [-0.39, 0.29) is 42.0 Å². The third-order valence-corrected chi connectivity index (χ3v) is 7.37. The van der Waals surface area contributed by atoms with E-state index in [1.54, 1.807) is 30.3 Å². The minimum Gasteiger partial charge on any atom is -1.00 e. The zero-order valence-electron chi connectivity index (χ0n) is 20.0. The predicted octanol–water partition coefficient (Wildman–Crippen LogP) is 2.16. The van der Waals surface area contributed by atoms with E-state index in [1.807, 2.05) is 36.0 Å². The molecule has 36 heavy (non-hydrogen) atoms. The Morgan fingerprint density at radius 1 is 1.22 bits per heavy atom. The molecule has 0 radical (unpaired) electrons. The fourth-order valence-electron chi connectivity index (χ4n) is 4.82. The highest BCUT2D eigenvalue weighted by atomic mass is 79.9. The van der Waals surface area contributed by atoms with Crippen molar-refractivity contribution >= 4 is 21.9 Å². The molecule has 4 rings (SSSR count). The minimum absolute atomic E-state index is 0. The molecule has 0 saturated heterocycles. The Hall–Kier alpha value is -2.10. The standard InChI is InChI=1S/C27H30BrF2N2O3.BrH/c1-20-31(14-15-32(20)19-21-9-11-24(28)12-10-21)16-17-35-25(33)27(34,22-6-3-2-4-7-22)23-8-5-13-26(29,30)18-23;/h2-4,6-7,9-12,14-15,23,34H,5,8,13,16-19H2,1H3;1H/q+1;/p-1/t23-,27-;/m0./s1. The summed E-state index contributed by atoms with van der Waals surface area (Å²) >= 11 is 3.44. The molecule has 2 aromatic carbocycles. The van der Waals surface area contributed by atoms with E-state index in [1.165, 1.54) is 0 Å². The van der Waals surface area contributed by atoms with Crippen LogP contribution in [0.2, 0.25) is 0 Å². The number of aliphatic hydroxyl groups is 1. The number of carbonyl (C=O) groups is 1. The maximum absolute atomic E-state index is 14.2. The van der Waals surface area contributed by atoms with Crippen molar-refractivity contribution in [1.29, 1.82) is 0 Å². The van der Waals surface area contributed by atoms with Crippen LogP contribution in [0, 0.1) is 12.8 Å². The van der Waals surface area contributed by atoms with E-state index in [2.05, 4.69) is 32.6 Å². The van der Waals surface area contributed by atoms with Crippen molar-refractivity contribution in [3.8, 4) is 0 Å². The lowest BCUT2D eigenvalue weighted by molar-refractivity contribution is -0.694. The van der Waals surface area contributed by atoms with Crippen LogP contribution in [0.1, 0.15) is 42.6 Å². The number of benzene rings is 2. The lowest BCUT2D eigenvalue weighted by atomic mass is 9.72. The Balaban J connectivity index is 0.00000361. The van der Waals surface area contributed by atoms with Gasteiger partial charge in [-0.25, -0.2) is 22.7 Å². The molecular formula is C27H30Br2F2N2O3. The number of ether oxygens (including phenoxy) is 1. The van der Waals surface area contributed by atoms with Crippen molar-refractivity contribution in [3.05, 3.63) is 88.4 Å². The molecule has 2 atom stereocenters. The SMILES string of the molecule is Cc1n(CCOC(=O)[C@](O)(c2ccccc2)[C@H]2CCCC(F)(F)C2)cc[n+]1Cc1ccc(Br)cc1.[Br-]. The molecule has 1 aromatic heterocycles. The molecule has 9 heteroatoms. The van der Waals surface area contributed by atoms with Gasteiger partial charge in [0, 0.05) is 30.2 Å². The van der Waals surface area contributed by atoms with Crippen LogP contribution in [0.4, 0.5) is 8.78 Å². The minimum atomic E-state index is -2.91. The van der Waals surface area contributed by atoms with Gasteiger partial charge in [0.25, 0.3) is 5.82 Å². The highest BCUT2D eigenvalue weighted by Crippen LogP contribution is 2.45. The number of rotatable bonds is 8. The third-order valence-electron chi connectivity index (χ3n) is 6.85. The summed E-state index contributed by atoms with van der Waals surface area (Å²) in [5.74, 6) is -3.72. The monoisotopic (exact) mass is 626 g/mol. The van der Waals surface area contributed by atoms with Crippen LogP contribution < -0.4 is 21.5 Å². The average Bonchev–Trinajstić information content (AvgIpc) is 3.18. The van der Waals surface area contributed by atoms with Gasteiger partial charge >= 0.3 is 5.97 Å². The summed E-state index contributed by atoms with van der Waals surface area (Å²) in [5, 5.41) is 11.5. The summed E-state index contributed by atoms with van der Waals surface area (Å²) in [6.07, 6.45) is 3.69. The second kappa shape index (κ2) is 12.0. The van der Waals surface area contributed by atoms with Gasteiger partial charge in [0.1, 0.15) is 32.1 Å². The number of aromatic nitrogens is 2. The van der Waals surface area contributed by atoms with E-state index in [9.17, 15) is 18.7 Å². The highest BCUT2D eigenvalue weighted by molar-refractivity contribution is 9.10. The number of imidazole rings is 1. The first-order valence-corrected chi connectivity index (χ1v) is 12.6. The van der Waals surface area contributed by atoms with Crippen LogP contribution in [-0.2, 0) is 28.2 Å². The zero-order chi connectivity index (χ0) is 25.1. The van der Waals surface area contributed by atoms with Gasteiger partial charge in [-0.2, -0.15) is 0 Å². The predicted molar refractivity (Wildman–Crippen MR) is 131 cm³/mol. The van der Waals surface area contributed by atoms with Gasteiger partial charge in [-0.15, -0.1) is 0 Å². The molecule has 1 heterocycles. The Labute approximate surface area is 229 Å². The van der Waals surface area contributed by atoms with E-state index in [0.29, 0.717) is 19.5 Å². The molecule has 1 aliphatic carbocycles. The molecule has 0 spiro atoms. The summed E-state index contributed by atoms with van der Waals surface area (Å²) in [5.41, 5.74) is -0.668. The number of alkyl halides is 2. The number of hydrogen-bond acceptors (Lipinski definition) is 3. The maximum Gasteiger partial charge on any atom is 0.343 e. The molecule has 1 aliphatic rings. The summed E-state index contributed by atoms with van der Waals surface area (Å²) < 4.78 is 39.0. The third kappa shape index (κ3) is 6.42. The smallest absolute Gasteiger partial charge is 0.343 e. The van der Waals surface area contributed by atoms with E-state index >= 15 is 0 Å². The van der Waals surface area contributed by atoms with Crippen molar-refractivity contribution in [2.45, 2.75) is 57.2 Å². The van der Waals surface area contributed by atoms with E-state index < -0.39 is 29.8 Å². The summed E-state index contributed by atoms with van der Waals surface area (Å²) in [7, 11) is 0. The number of nitrogens with zero attached hydrogens (tertiary/aromatic N) is 2. The fourth-order valence-corrected chi connectivity index (χ4v) is 5.08. The van der Waals surface area contributed by atoms with E-state index in [0.717, 1.165) is 15.9 Å². The Morgan fingerprint density at radius 2 is 1.92 bits per heavy atom. The molecule has 0 amide bonds. The van der Waals surface area contributed by atoms with Gasteiger partial charge in [0.2, 0.25) is 5.92 Å². The summed E-state index contributed by atoms with van der Waals surface area (Å²) in [4.78, 5) is 13.2. The second-order valence-corrected chi connectivity index (χ2v) is 10.1. The quantitative estimate of drug-likeness (QED) is 0.308. The molecule has 1 fully saturated rings. The van der Waals surface area contributed by atoms with Gasteiger partial charge < -0.3 is 26.8 Å². The topological polar surface area (TPSA) is 55.3 Å². The number of halogens is 4. The normalized spacial score (nSPS) is 18.6. The molecule has 194 valence electrons. The molecular weight excluding hydrogens is 598 g/mol. The Kier molecular flexibility index (Phi) is 9.46. The number of hydrogen-bond donors (Lipinski definition) is 1. The maximum atomic E-state index is 14.2.